The molecule has 0 aliphatic rings. The Bertz CT molecular complexity index is 322. The Morgan fingerprint density at radius 2 is 1.79 bits per heavy atom. The van der Waals surface area contributed by atoms with Crippen LogP contribution in [0.4, 0.5) is 13.2 Å². The molecule has 1 atom stereocenters. The molecule has 0 aliphatic carbocycles. The first-order chi connectivity index (χ1) is 6.01. The molecule has 0 spiro atoms. The van der Waals surface area contributed by atoms with Gasteiger partial charge in [-0.25, -0.2) is 8.42 Å². The lowest BCUT2D eigenvalue weighted by molar-refractivity contribution is -0.140. The molecule has 0 saturated carbocycles. The standard InChI is InChI=1S/C5H8F3NO4S/c1-3(4(10)11)9(2)14(12,13)5(6,7)8/h3H,1-2H3,(H,10,11). The van der Waals surface area contributed by atoms with Crippen molar-refractivity contribution in [1.29, 1.82) is 0 Å². The molecule has 0 aliphatic heterocycles. The van der Waals surface area contributed by atoms with Crippen LogP contribution in [0.25, 0.3) is 0 Å². The van der Waals surface area contributed by atoms with Crippen LogP contribution in [0, 0.1) is 0 Å². The molecule has 0 aromatic rings. The van der Waals surface area contributed by atoms with E-state index < -0.39 is 27.5 Å². The van der Waals surface area contributed by atoms with E-state index in [1.807, 2.05) is 0 Å². The van der Waals surface area contributed by atoms with E-state index in [0.717, 1.165) is 6.92 Å². The highest BCUT2D eigenvalue weighted by Crippen LogP contribution is 2.26. The first kappa shape index (κ1) is 13.2. The van der Waals surface area contributed by atoms with Crippen molar-refractivity contribution in [2.75, 3.05) is 7.05 Å². The van der Waals surface area contributed by atoms with Crippen molar-refractivity contribution in [3.05, 3.63) is 0 Å². The molecule has 0 bridgehead atoms. The third kappa shape index (κ3) is 2.35. The summed E-state index contributed by atoms with van der Waals surface area (Å²) >= 11 is 0. The number of carboxylic acid groups (broad SMARTS) is 1. The van der Waals surface area contributed by atoms with Gasteiger partial charge in [-0.05, 0) is 6.92 Å². The number of alkyl halides is 3. The first-order valence-electron chi connectivity index (χ1n) is 3.29. The van der Waals surface area contributed by atoms with E-state index in [0.29, 0.717) is 7.05 Å². The van der Waals surface area contributed by atoms with E-state index in [2.05, 4.69) is 0 Å². The molecular weight excluding hydrogens is 227 g/mol. The minimum absolute atomic E-state index is 0.241. The monoisotopic (exact) mass is 235 g/mol. The van der Waals surface area contributed by atoms with Crippen LogP contribution in [0.5, 0.6) is 0 Å². The second kappa shape index (κ2) is 3.73. The SMILES string of the molecule is CC(C(=O)O)N(C)S(=O)(=O)C(F)(F)F. The zero-order chi connectivity index (χ0) is 11.7. The van der Waals surface area contributed by atoms with Crippen molar-refractivity contribution < 1.29 is 31.5 Å². The van der Waals surface area contributed by atoms with Gasteiger partial charge in [-0.1, -0.05) is 0 Å². The topological polar surface area (TPSA) is 74.7 Å². The number of hydrogen-bond acceptors (Lipinski definition) is 3. The summed E-state index contributed by atoms with van der Waals surface area (Å²) in [5.74, 6) is -1.65. The Labute approximate surface area is 78.2 Å². The highest BCUT2D eigenvalue weighted by molar-refractivity contribution is 7.90. The van der Waals surface area contributed by atoms with Gasteiger partial charge in [0.25, 0.3) is 0 Å². The summed E-state index contributed by atoms with van der Waals surface area (Å²) in [6, 6.07) is -1.76. The average Bonchev–Trinajstić information content (AvgIpc) is 1.99. The number of aliphatic carboxylic acids is 1. The Kier molecular flexibility index (Phi) is 3.51. The Morgan fingerprint density at radius 1 is 1.43 bits per heavy atom. The molecule has 0 radical (unpaired) electrons. The number of nitrogens with zero attached hydrogens (tertiary/aromatic N) is 1. The fraction of sp³-hybridized carbons (Fsp3) is 0.800. The summed E-state index contributed by atoms with van der Waals surface area (Å²) in [5, 5.41) is 8.31. The average molecular weight is 235 g/mol. The first-order valence-corrected chi connectivity index (χ1v) is 4.73. The quantitative estimate of drug-likeness (QED) is 0.760. The van der Waals surface area contributed by atoms with Gasteiger partial charge in [0.05, 0.1) is 0 Å². The minimum atomic E-state index is -5.57. The highest BCUT2D eigenvalue weighted by Gasteiger charge is 2.50. The minimum Gasteiger partial charge on any atom is -0.480 e. The molecule has 1 unspecified atom stereocenters. The lowest BCUT2D eigenvalue weighted by atomic mass is 10.4. The lowest BCUT2D eigenvalue weighted by Crippen LogP contribution is -2.46. The number of carbonyl (C=O) groups is 1. The zero-order valence-corrected chi connectivity index (χ0v) is 8.06. The maximum absolute atomic E-state index is 11.9. The molecule has 14 heavy (non-hydrogen) atoms. The van der Waals surface area contributed by atoms with Crippen LogP contribution in [0.1, 0.15) is 6.92 Å². The van der Waals surface area contributed by atoms with Crippen LogP contribution in [-0.2, 0) is 14.8 Å². The number of hydrogen-bond donors (Lipinski definition) is 1. The molecular formula is C5H8F3NO4S. The summed E-state index contributed by atoms with van der Waals surface area (Å²) in [4.78, 5) is 10.2. The van der Waals surface area contributed by atoms with E-state index in [4.69, 9.17) is 5.11 Å². The summed E-state index contributed by atoms with van der Waals surface area (Å²) < 4.78 is 56.7. The predicted octanol–water partition coefficient (Wildman–Crippen LogP) is 0.241. The van der Waals surface area contributed by atoms with Crippen molar-refractivity contribution >= 4 is 16.0 Å². The van der Waals surface area contributed by atoms with Gasteiger partial charge < -0.3 is 5.11 Å². The summed E-state index contributed by atoms with van der Waals surface area (Å²) in [6.45, 7) is 0.839. The zero-order valence-electron chi connectivity index (χ0n) is 7.24. The normalized spacial score (nSPS) is 15.6. The fourth-order valence-electron chi connectivity index (χ4n) is 0.527. The predicted molar refractivity (Wildman–Crippen MR) is 39.8 cm³/mol. The van der Waals surface area contributed by atoms with Crippen LogP contribution in [0.2, 0.25) is 0 Å². The lowest BCUT2D eigenvalue weighted by Gasteiger charge is -2.21. The number of halogens is 3. The van der Waals surface area contributed by atoms with E-state index in [-0.39, 0.29) is 4.31 Å². The molecule has 0 rings (SSSR count). The van der Waals surface area contributed by atoms with Crippen molar-refractivity contribution in [3.63, 3.8) is 0 Å². The van der Waals surface area contributed by atoms with E-state index in [1.165, 1.54) is 0 Å². The molecule has 9 heteroatoms. The van der Waals surface area contributed by atoms with Gasteiger partial charge in [0.15, 0.2) is 0 Å². The van der Waals surface area contributed by atoms with Gasteiger partial charge in [0.1, 0.15) is 6.04 Å². The molecule has 0 aromatic heterocycles. The molecule has 84 valence electrons. The smallest absolute Gasteiger partial charge is 0.480 e. The van der Waals surface area contributed by atoms with Crippen LogP contribution in [0.15, 0.2) is 0 Å². The maximum atomic E-state index is 11.9. The van der Waals surface area contributed by atoms with E-state index in [1.54, 1.807) is 0 Å². The van der Waals surface area contributed by atoms with Gasteiger partial charge in [0.2, 0.25) is 0 Å². The molecule has 0 fully saturated rings. The van der Waals surface area contributed by atoms with E-state index in [9.17, 15) is 26.4 Å². The number of sulfonamides is 1. The van der Waals surface area contributed by atoms with Gasteiger partial charge in [-0.3, -0.25) is 4.79 Å². The van der Waals surface area contributed by atoms with Crippen molar-refractivity contribution in [1.82, 2.24) is 4.31 Å². The molecule has 0 heterocycles. The highest BCUT2D eigenvalue weighted by atomic mass is 32.2. The fourth-order valence-corrected chi connectivity index (χ4v) is 1.36. The Hall–Kier alpha value is -0.830. The second-order valence-electron chi connectivity index (χ2n) is 2.48. The molecule has 5 nitrogen and oxygen atoms in total. The summed E-state index contributed by atoms with van der Waals surface area (Å²) in [6.07, 6.45) is 0. The summed E-state index contributed by atoms with van der Waals surface area (Å²) in [7, 11) is -5.01. The largest absolute Gasteiger partial charge is 0.511 e. The molecule has 1 N–H and O–H groups in total. The van der Waals surface area contributed by atoms with Gasteiger partial charge in [-0.2, -0.15) is 17.5 Å². The van der Waals surface area contributed by atoms with Gasteiger partial charge >= 0.3 is 21.5 Å². The van der Waals surface area contributed by atoms with Crippen molar-refractivity contribution in [2.24, 2.45) is 0 Å². The van der Waals surface area contributed by atoms with Gasteiger partial charge in [0, 0.05) is 7.05 Å². The number of likely N-dealkylation sites (N-methyl/N-ethyl adjacent to an activating group) is 1. The Morgan fingerprint density at radius 3 is 2.00 bits per heavy atom. The van der Waals surface area contributed by atoms with Crippen LogP contribution < -0.4 is 0 Å². The Balaban J connectivity index is 5.06. The molecule has 0 aromatic carbocycles. The van der Waals surface area contributed by atoms with E-state index >= 15 is 0 Å². The summed E-state index contributed by atoms with van der Waals surface area (Å²) in [5.41, 5.74) is -5.48. The van der Waals surface area contributed by atoms with Crippen LogP contribution in [-0.4, -0.2) is 42.4 Å². The number of carboxylic acids is 1. The number of rotatable bonds is 3. The van der Waals surface area contributed by atoms with Crippen molar-refractivity contribution in [2.45, 2.75) is 18.5 Å². The van der Waals surface area contributed by atoms with Crippen molar-refractivity contribution in [3.8, 4) is 0 Å². The van der Waals surface area contributed by atoms with Crippen LogP contribution >= 0.6 is 0 Å². The molecule has 0 amide bonds. The second-order valence-corrected chi connectivity index (χ2v) is 4.47. The molecule has 0 saturated heterocycles. The third-order valence-electron chi connectivity index (χ3n) is 1.57. The maximum Gasteiger partial charge on any atom is 0.511 e. The van der Waals surface area contributed by atoms with Crippen LogP contribution in [0.3, 0.4) is 0 Å². The third-order valence-corrected chi connectivity index (χ3v) is 3.23. The van der Waals surface area contributed by atoms with Gasteiger partial charge in [-0.15, -0.1) is 0 Å².